The standard InChI is InChI=1S/C19H22N2O4/c1-3-13(2)14-5-8-17(9-6-14)25-12-19(24)21-20-11-15-4-7-16(22)10-18(15)23/h4-11,13,22-23H,3,12H2,1-2H3,(H,21,24). The van der Waals surface area contributed by atoms with Crippen molar-refractivity contribution in [3.05, 3.63) is 53.6 Å². The number of amides is 1. The van der Waals surface area contributed by atoms with E-state index < -0.39 is 5.91 Å². The van der Waals surface area contributed by atoms with Crippen LogP contribution in [-0.4, -0.2) is 28.9 Å². The van der Waals surface area contributed by atoms with Gasteiger partial charge in [-0.15, -0.1) is 0 Å². The zero-order valence-electron chi connectivity index (χ0n) is 14.3. The van der Waals surface area contributed by atoms with Crippen LogP contribution in [0.1, 0.15) is 37.3 Å². The largest absolute Gasteiger partial charge is 0.508 e. The van der Waals surface area contributed by atoms with Crippen LogP contribution in [0.5, 0.6) is 17.2 Å². The average Bonchev–Trinajstić information content (AvgIpc) is 2.61. The highest BCUT2D eigenvalue weighted by Crippen LogP contribution is 2.22. The van der Waals surface area contributed by atoms with Crippen molar-refractivity contribution in [2.45, 2.75) is 26.2 Å². The summed E-state index contributed by atoms with van der Waals surface area (Å²) in [5, 5.41) is 22.5. The third kappa shape index (κ3) is 5.53. The van der Waals surface area contributed by atoms with Crippen LogP contribution in [0.2, 0.25) is 0 Å². The normalized spacial score (nSPS) is 12.1. The minimum atomic E-state index is -0.416. The van der Waals surface area contributed by atoms with Gasteiger partial charge >= 0.3 is 0 Å². The van der Waals surface area contributed by atoms with Gasteiger partial charge < -0.3 is 14.9 Å². The molecule has 1 amide bonds. The lowest BCUT2D eigenvalue weighted by molar-refractivity contribution is -0.123. The molecule has 2 aromatic rings. The second kappa shape index (κ2) is 8.73. The van der Waals surface area contributed by atoms with E-state index >= 15 is 0 Å². The van der Waals surface area contributed by atoms with Gasteiger partial charge in [-0.2, -0.15) is 5.10 Å². The van der Waals surface area contributed by atoms with Crippen molar-refractivity contribution in [1.82, 2.24) is 5.43 Å². The molecule has 0 heterocycles. The zero-order valence-corrected chi connectivity index (χ0v) is 14.3. The predicted molar refractivity (Wildman–Crippen MR) is 96.2 cm³/mol. The molecular weight excluding hydrogens is 320 g/mol. The summed E-state index contributed by atoms with van der Waals surface area (Å²) in [6.07, 6.45) is 2.35. The number of hydrazone groups is 1. The van der Waals surface area contributed by atoms with E-state index in [-0.39, 0.29) is 18.1 Å². The lowest BCUT2D eigenvalue weighted by Gasteiger charge is -2.10. The molecule has 3 N–H and O–H groups in total. The second-order valence-corrected chi connectivity index (χ2v) is 5.70. The lowest BCUT2D eigenvalue weighted by atomic mass is 9.99. The number of hydrogen-bond acceptors (Lipinski definition) is 5. The van der Waals surface area contributed by atoms with E-state index in [4.69, 9.17) is 4.74 Å². The van der Waals surface area contributed by atoms with Crippen LogP contribution in [0, 0.1) is 0 Å². The molecule has 0 aliphatic heterocycles. The molecule has 132 valence electrons. The van der Waals surface area contributed by atoms with Crippen LogP contribution in [0.25, 0.3) is 0 Å². The van der Waals surface area contributed by atoms with Crippen LogP contribution >= 0.6 is 0 Å². The Morgan fingerprint density at radius 2 is 1.96 bits per heavy atom. The van der Waals surface area contributed by atoms with E-state index in [0.717, 1.165) is 6.42 Å². The molecule has 0 saturated carbocycles. The molecule has 6 heteroatoms. The van der Waals surface area contributed by atoms with Crippen molar-refractivity contribution in [3.8, 4) is 17.2 Å². The fraction of sp³-hybridized carbons (Fsp3) is 0.263. The van der Waals surface area contributed by atoms with Crippen LogP contribution in [0.15, 0.2) is 47.6 Å². The van der Waals surface area contributed by atoms with Crippen LogP contribution in [0.4, 0.5) is 0 Å². The van der Waals surface area contributed by atoms with Gasteiger partial charge in [-0.3, -0.25) is 4.79 Å². The Kier molecular flexibility index (Phi) is 6.39. The van der Waals surface area contributed by atoms with Crippen LogP contribution < -0.4 is 10.2 Å². The smallest absolute Gasteiger partial charge is 0.277 e. The SMILES string of the molecule is CCC(C)c1ccc(OCC(=O)NN=Cc2ccc(O)cc2O)cc1. The fourth-order valence-corrected chi connectivity index (χ4v) is 2.12. The number of aromatic hydroxyl groups is 2. The van der Waals surface area contributed by atoms with Gasteiger partial charge in [0.25, 0.3) is 5.91 Å². The minimum absolute atomic E-state index is 0.0496. The molecule has 0 aromatic heterocycles. The number of rotatable bonds is 7. The number of carbonyl (C=O) groups is 1. The Labute approximate surface area is 146 Å². The first-order valence-electron chi connectivity index (χ1n) is 8.06. The van der Waals surface area contributed by atoms with E-state index in [2.05, 4.69) is 24.4 Å². The molecule has 1 atom stereocenters. The molecular formula is C19H22N2O4. The highest BCUT2D eigenvalue weighted by molar-refractivity contribution is 5.85. The summed E-state index contributed by atoms with van der Waals surface area (Å²) < 4.78 is 5.41. The third-order valence-corrected chi connectivity index (χ3v) is 3.84. The van der Waals surface area contributed by atoms with Gasteiger partial charge in [0, 0.05) is 11.6 Å². The quantitative estimate of drug-likeness (QED) is 0.532. The Balaban J connectivity index is 1.81. The van der Waals surface area contributed by atoms with Gasteiger partial charge in [-0.25, -0.2) is 5.43 Å². The lowest BCUT2D eigenvalue weighted by Crippen LogP contribution is -2.24. The molecule has 0 fully saturated rings. The summed E-state index contributed by atoms with van der Waals surface area (Å²) in [4.78, 5) is 11.7. The van der Waals surface area contributed by atoms with E-state index in [1.54, 1.807) is 0 Å². The van der Waals surface area contributed by atoms with Gasteiger partial charge in [-0.1, -0.05) is 26.0 Å². The zero-order chi connectivity index (χ0) is 18.2. The number of phenolic OH excluding ortho intramolecular Hbond substituents is 2. The number of nitrogens with one attached hydrogen (secondary N) is 1. The molecule has 0 bridgehead atoms. The van der Waals surface area contributed by atoms with Crippen molar-refractivity contribution in [2.24, 2.45) is 5.10 Å². The molecule has 25 heavy (non-hydrogen) atoms. The maximum Gasteiger partial charge on any atom is 0.277 e. The highest BCUT2D eigenvalue weighted by Gasteiger charge is 2.05. The predicted octanol–water partition coefficient (Wildman–Crippen LogP) is 3.14. The summed E-state index contributed by atoms with van der Waals surface area (Å²) in [7, 11) is 0. The van der Waals surface area contributed by atoms with E-state index in [9.17, 15) is 15.0 Å². The molecule has 0 aliphatic rings. The number of hydrogen-bond donors (Lipinski definition) is 3. The number of carbonyl (C=O) groups excluding carboxylic acids is 1. The Hall–Kier alpha value is -3.02. The summed E-state index contributed by atoms with van der Waals surface area (Å²) >= 11 is 0. The van der Waals surface area contributed by atoms with Crippen molar-refractivity contribution < 1.29 is 19.7 Å². The summed E-state index contributed by atoms with van der Waals surface area (Å²) in [5.41, 5.74) is 3.92. The monoisotopic (exact) mass is 342 g/mol. The van der Waals surface area contributed by atoms with Crippen molar-refractivity contribution in [1.29, 1.82) is 0 Å². The second-order valence-electron chi connectivity index (χ2n) is 5.70. The van der Waals surface area contributed by atoms with E-state index in [1.165, 1.54) is 30.0 Å². The molecule has 2 rings (SSSR count). The van der Waals surface area contributed by atoms with Crippen molar-refractivity contribution in [2.75, 3.05) is 6.61 Å². The first kappa shape index (κ1) is 18.3. The molecule has 0 aliphatic carbocycles. The van der Waals surface area contributed by atoms with Crippen LogP contribution in [0.3, 0.4) is 0 Å². The first-order chi connectivity index (χ1) is 12.0. The van der Waals surface area contributed by atoms with Gasteiger partial charge in [0.15, 0.2) is 6.61 Å². The molecule has 2 aromatic carbocycles. The fourth-order valence-electron chi connectivity index (χ4n) is 2.12. The van der Waals surface area contributed by atoms with E-state index in [1.807, 2.05) is 24.3 Å². The maximum atomic E-state index is 11.7. The highest BCUT2D eigenvalue weighted by atomic mass is 16.5. The van der Waals surface area contributed by atoms with Gasteiger partial charge in [0.05, 0.1) is 6.21 Å². The summed E-state index contributed by atoms with van der Waals surface area (Å²) in [5.74, 6) is 0.507. The molecule has 0 radical (unpaired) electrons. The van der Waals surface area contributed by atoms with Gasteiger partial charge in [0.1, 0.15) is 17.2 Å². The molecule has 6 nitrogen and oxygen atoms in total. The molecule has 0 spiro atoms. The van der Waals surface area contributed by atoms with Crippen molar-refractivity contribution in [3.63, 3.8) is 0 Å². The number of nitrogens with zero attached hydrogens (tertiary/aromatic N) is 1. The molecule has 0 saturated heterocycles. The molecule has 1 unspecified atom stereocenters. The average molecular weight is 342 g/mol. The Morgan fingerprint density at radius 3 is 2.60 bits per heavy atom. The van der Waals surface area contributed by atoms with Gasteiger partial charge in [0.2, 0.25) is 0 Å². The Morgan fingerprint density at radius 1 is 1.24 bits per heavy atom. The number of phenols is 2. The number of benzene rings is 2. The topological polar surface area (TPSA) is 91.2 Å². The Bertz CT molecular complexity index is 742. The van der Waals surface area contributed by atoms with Crippen molar-refractivity contribution >= 4 is 12.1 Å². The minimum Gasteiger partial charge on any atom is -0.508 e. The van der Waals surface area contributed by atoms with Crippen LogP contribution in [-0.2, 0) is 4.79 Å². The first-order valence-corrected chi connectivity index (χ1v) is 8.06. The summed E-state index contributed by atoms with van der Waals surface area (Å²) in [6.45, 7) is 4.13. The summed E-state index contributed by atoms with van der Waals surface area (Å²) in [6, 6.07) is 11.7. The third-order valence-electron chi connectivity index (χ3n) is 3.84. The van der Waals surface area contributed by atoms with E-state index in [0.29, 0.717) is 17.2 Å². The maximum absolute atomic E-state index is 11.7. The number of ether oxygens (including phenoxy) is 1. The van der Waals surface area contributed by atoms with Gasteiger partial charge in [-0.05, 0) is 42.2 Å².